The van der Waals surface area contributed by atoms with Gasteiger partial charge in [0.05, 0.1) is 6.54 Å². The van der Waals surface area contributed by atoms with E-state index in [9.17, 15) is 0 Å². The van der Waals surface area contributed by atoms with Crippen LogP contribution < -0.4 is 10.2 Å². The van der Waals surface area contributed by atoms with Crippen molar-refractivity contribution in [2.75, 3.05) is 24.5 Å². The first-order valence-corrected chi connectivity index (χ1v) is 7.11. The van der Waals surface area contributed by atoms with Crippen LogP contribution >= 0.6 is 0 Å². The van der Waals surface area contributed by atoms with Crippen LogP contribution in [0.4, 0.5) is 6.01 Å². The van der Waals surface area contributed by atoms with Crippen LogP contribution in [0.1, 0.15) is 45.4 Å². The third-order valence-corrected chi connectivity index (χ3v) is 3.62. The smallest absolute Gasteiger partial charge is 0.318 e. The van der Waals surface area contributed by atoms with E-state index < -0.39 is 0 Å². The average molecular weight is 252 g/mol. The van der Waals surface area contributed by atoms with Crippen LogP contribution in [-0.2, 0) is 6.54 Å². The van der Waals surface area contributed by atoms with Gasteiger partial charge in [-0.3, -0.25) is 0 Å². The van der Waals surface area contributed by atoms with Crippen LogP contribution in [0.25, 0.3) is 0 Å². The summed E-state index contributed by atoms with van der Waals surface area (Å²) in [5.41, 5.74) is 0. The first-order chi connectivity index (χ1) is 8.83. The molecule has 1 aromatic heterocycles. The Kier molecular flexibility index (Phi) is 4.99. The largest absolute Gasteiger partial charge is 0.407 e. The molecule has 0 amide bonds. The van der Waals surface area contributed by atoms with Crippen molar-refractivity contribution in [3.63, 3.8) is 0 Å². The summed E-state index contributed by atoms with van der Waals surface area (Å²) < 4.78 is 5.68. The number of aromatic nitrogens is 2. The maximum absolute atomic E-state index is 5.68. The van der Waals surface area contributed by atoms with Gasteiger partial charge in [-0.1, -0.05) is 25.4 Å². The third-order valence-electron chi connectivity index (χ3n) is 3.62. The molecular formula is C13H24N4O. The summed E-state index contributed by atoms with van der Waals surface area (Å²) in [7, 11) is 0. The van der Waals surface area contributed by atoms with Crippen molar-refractivity contribution in [1.82, 2.24) is 15.5 Å². The molecule has 2 heterocycles. The van der Waals surface area contributed by atoms with Crippen LogP contribution in [0.3, 0.4) is 0 Å². The molecule has 1 aliphatic heterocycles. The summed E-state index contributed by atoms with van der Waals surface area (Å²) in [6.45, 7) is 8.16. The molecule has 102 valence electrons. The van der Waals surface area contributed by atoms with Crippen LogP contribution in [0.2, 0.25) is 0 Å². The predicted molar refractivity (Wildman–Crippen MR) is 71.5 cm³/mol. The molecule has 0 atom stereocenters. The second-order valence-corrected chi connectivity index (χ2v) is 4.99. The normalized spacial score (nSPS) is 17.3. The number of hydrogen-bond acceptors (Lipinski definition) is 5. The second kappa shape index (κ2) is 6.73. The lowest BCUT2D eigenvalue weighted by molar-refractivity contribution is 0.373. The van der Waals surface area contributed by atoms with E-state index >= 15 is 0 Å². The lowest BCUT2D eigenvalue weighted by Crippen LogP contribution is -2.33. The van der Waals surface area contributed by atoms with Crippen molar-refractivity contribution in [2.45, 2.75) is 46.1 Å². The van der Waals surface area contributed by atoms with Gasteiger partial charge in [0.2, 0.25) is 5.89 Å². The molecule has 0 spiro atoms. The van der Waals surface area contributed by atoms with Crippen LogP contribution in [0.15, 0.2) is 4.42 Å². The summed E-state index contributed by atoms with van der Waals surface area (Å²) in [5, 5.41) is 11.5. The van der Waals surface area contributed by atoms with E-state index in [1.165, 1.54) is 19.3 Å². The lowest BCUT2D eigenvalue weighted by Gasteiger charge is -2.29. The standard InChI is InChI=1S/C13H24N4O/c1-3-7-14-10-12-15-16-13(18-12)17-8-5-11(4-2)6-9-17/h11,14H,3-10H2,1-2H3. The molecule has 1 aliphatic rings. The quantitative estimate of drug-likeness (QED) is 0.787. The van der Waals surface area contributed by atoms with Crippen molar-refractivity contribution in [2.24, 2.45) is 5.92 Å². The van der Waals surface area contributed by atoms with Crippen molar-refractivity contribution < 1.29 is 4.42 Å². The van der Waals surface area contributed by atoms with Gasteiger partial charge < -0.3 is 14.6 Å². The van der Waals surface area contributed by atoms with E-state index in [-0.39, 0.29) is 0 Å². The third kappa shape index (κ3) is 3.45. The zero-order valence-corrected chi connectivity index (χ0v) is 11.5. The molecule has 0 saturated carbocycles. The number of rotatable bonds is 6. The van der Waals surface area contributed by atoms with Gasteiger partial charge in [-0.05, 0) is 31.7 Å². The van der Waals surface area contributed by atoms with Crippen molar-refractivity contribution in [1.29, 1.82) is 0 Å². The molecule has 0 bridgehead atoms. The Morgan fingerprint density at radius 3 is 2.72 bits per heavy atom. The summed E-state index contributed by atoms with van der Waals surface area (Å²) >= 11 is 0. The monoisotopic (exact) mass is 252 g/mol. The minimum absolute atomic E-state index is 0.673. The molecule has 0 aliphatic carbocycles. The van der Waals surface area contributed by atoms with E-state index in [1.807, 2.05) is 0 Å². The SMILES string of the molecule is CCCNCc1nnc(N2CCC(CC)CC2)o1. The predicted octanol–water partition coefficient (Wildman–Crippen LogP) is 2.20. The molecule has 1 fully saturated rings. The van der Waals surface area contributed by atoms with Gasteiger partial charge >= 0.3 is 6.01 Å². The van der Waals surface area contributed by atoms with Gasteiger partial charge in [-0.15, -0.1) is 5.10 Å². The summed E-state index contributed by atoms with van der Waals surface area (Å²) in [4.78, 5) is 2.21. The maximum Gasteiger partial charge on any atom is 0.318 e. The molecule has 18 heavy (non-hydrogen) atoms. The van der Waals surface area contributed by atoms with E-state index in [1.54, 1.807) is 0 Å². The fourth-order valence-electron chi connectivity index (χ4n) is 2.35. The first-order valence-electron chi connectivity index (χ1n) is 7.11. The van der Waals surface area contributed by atoms with E-state index in [0.717, 1.165) is 32.0 Å². The molecule has 1 saturated heterocycles. The Labute approximate surface area is 109 Å². The highest BCUT2D eigenvalue weighted by molar-refractivity contribution is 5.24. The number of nitrogens with zero attached hydrogens (tertiary/aromatic N) is 3. The van der Waals surface area contributed by atoms with Gasteiger partial charge in [0.15, 0.2) is 0 Å². The van der Waals surface area contributed by atoms with Gasteiger partial charge in [0, 0.05) is 13.1 Å². The highest BCUT2D eigenvalue weighted by Gasteiger charge is 2.21. The van der Waals surface area contributed by atoms with Gasteiger partial charge in [0.25, 0.3) is 0 Å². The van der Waals surface area contributed by atoms with E-state index in [2.05, 4.69) is 34.3 Å². The Bertz CT molecular complexity index is 345. The second-order valence-electron chi connectivity index (χ2n) is 4.99. The topological polar surface area (TPSA) is 54.2 Å². The molecule has 0 unspecified atom stereocenters. The fourth-order valence-corrected chi connectivity index (χ4v) is 2.35. The van der Waals surface area contributed by atoms with Crippen LogP contribution in [-0.4, -0.2) is 29.8 Å². The molecule has 0 radical (unpaired) electrons. The molecule has 1 aromatic rings. The fraction of sp³-hybridized carbons (Fsp3) is 0.846. The molecule has 1 N–H and O–H groups in total. The van der Waals surface area contributed by atoms with Gasteiger partial charge in [-0.25, -0.2) is 0 Å². The van der Waals surface area contributed by atoms with E-state index in [0.29, 0.717) is 18.5 Å². The molecule has 5 heteroatoms. The van der Waals surface area contributed by atoms with Crippen molar-refractivity contribution >= 4 is 6.01 Å². The summed E-state index contributed by atoms with van der Waals surface area (Å²) in [5.74, 6) is 1.56. The van der Waals surface area contributed by atoms with Crippen LogP contribution in [0.5, 0.6) is 0 Å². The minimum Gasteiger partial charge on any atom is -0.407 e. The van der Waals surface area contributed by atoms with E-state index in [4.69, 9.17) is 4.42 Å². The molecular weight excluding hydrogens is 228 g/mol. The highest BCUT2D eigenvalue weighted by Crippen LogP contribution is 2.23. The van der Waals surface area contributed by atoms with Crippen molar-refractivity contribution in [3.05, 3.63) is 5.89 Å². The van der Waals surface area contributed by atoms with Gasteiger partial charge in [-0.2, -0.15) is 0 Å². The highest BCUT2D eigenvalue weighted by atomic mass is 16.4. The zero-order valence-electron chi connectivity index (χ0n) is 11.5. The van der Waals surface area contributed by atoms with Crippen LogP contribution in [0, 0.1) is 5.92 Å². The minimum atomic E-state index is 0.673. The Morgan fingerprint density at radius 2 is 2.06 bits per heavy atom. The summed E-state index contributed by atoms with van der Waals surface area (Å²) in [6.07, 6.45) is 4.87. The zero-order chi connectivity index (χ0) is 12.8. The average Bonchev–Trinajstić information content (AvgIpc) is 2.88. The first kappa shape index (κ1) is 13.3. The van der Waals surface area contributed by atoms with Gasteiger partial charge in [0.1, 0.15) is 0 Å². The maximum atomic E-state index is 5.68. The Hall–Kier alpha value is -1.10. The molecule has 5 nitrogen and oxygen atoms in total. The Balaban J connectivity index is 1.82. The van der Waals surface area contributed by atoms with Crippen molar-refractivity contribution in [3.8, 4) is 0 Å². The number of nitrogens with one attached hydrogen (secondary N) is 1. The number of piperidine rings is 1. The summed E-state index contributed by atoms with van der Waals surface area (Å²) in [6, 6.07) is 0.692. The molecule has 0 aromatic carbocycles. The number of hydrogen-bond donors (Lipinski definition) is 1. The molecule has 2 rings (SSSR count). The Morgan fingerprint density at radius 1 is 1.28 bits per heavy atom. The number of anilines is 1. The lowest BCUT2D eigenvalue weighted by atomic mass is 9.95.